The van der Waals surface area contributed by atoms with Crippen LogP contribution in [-0.2, 0) is 21.2 Å². The minimum atomic E-state index is -4.92. The molecular weight excluding hydrogens is 453 g/mol. The smallest absolute Gasteiger partial charge is 0.714 e. The fraction of sp³-hybridized carbons (Fsp3) is 0.100. The van der Waals surface area contributed by atoms with Gasteiger partial charge in [-0.2, -0.15) is 8.42 Å². The first-order valence-electron chi connectivity index (χ1n) is 8.80. The van der Waals surface area contributed by atoms with Crippen molar-refractivity contribution in [1.82, 2.24) is 9.55 Å². The van der Waals surface area contributed by atoms with E-state index in [4.69, 9.17) is 16.6 Å². The Morgan fingerprint density at radius 1 is 1.10 bits per heavy atom. The number of fused-ring (bicyclic) bond motifs is 1. The fourth-order valence-electron chi connectivity index (χ4n) is 3.74. The van der Waals surface area contributed by atoms with Gasteiger partial charge in [0.15, 0.2) is 0 Å². The van der Waals surface area contributed by atoms with Gasteiger partial charge >= 0.3 is 51.4 Å². The minimum Gasteiger partial charge on any atom is -0.714 e. The van der Waals surface area contributed by atoms with Crippen molar-refractivity contribution in [2.75, 3.05) is 0 Å². The van der Waals surface area contributed by atoms with Crippen molar-refractivity contribution >= 4 is 49.5 Å². The molecule has 0 radical (unpaired) electrons. The number of halogens is 1. The number of oxime groups is 1. The Morgan fingerprint density at radius 3 is 2.63 bits per heavy atom. The number of hydrogen-bond acceptors (Lipinski definition) is 6. The molecule has 0 atom stereocenters. The molecule has 0 bridgehead atoms. The van der Waals surface area contributed by atoms with Crippen LogP contribution in [0, 0.1) is 0 Å². The Bertz CT molecular complexity index is 1430. The zero-order valence-corrected chi connectivity index (χ0v) is 20.6. The van der Waals surface area contributed by atoms with Crippen LogP contribution in [0.1, 0.15) is 12.0 Å². The van der Waals surface area contributed by atoms with E-state index >= 15 is 0 Å². The molecule has 0 N–H and O–H groups in total. The standard InChI is InChI=1S/C20H14ClN3O4S.K/c21-16-8-7-15-17(23-28-29(25,26)27)9-10-24-19(15)18(16)22-20(24)14-6-5-12-3-1-2-4-13(12)11-14;/h1-8,11H,9-10H2,(H,25,26,27);/q;+1/p-1/b23-17+;. The van der Waals surface area contributed by atoms with E-state index in [-0.39, 0.29) is 51.4 Å². The molecule has 1 aromatic heterocycles. The third kappa shape index (κ3) is 3.96. The van der Waals surface area contributed by atoms with Gasteiger partial charge in [-0.1, -0.05) is 53.2 Å². The van der Waals surface area contributed by atoms with Crippen LogP contribution in [0.15, 0.2) is 59.8 Å². The summed E-state index contributed by atoms with van der Waals surface area (Å²) < 4.78 is 38.5. The van der Waals surface area contributed by atoms with Crippen molar-refractivity contribution in [2.24, 2.45) is 5.16 Å². The first-order valence-corrected chi connectivity index (χ1v) is 10.5. The van der Waals surface area contributed by atoms with E-state index in [2.05, 4.69) is 15.5 Å². The predicted molar refractivity (Wildman–Crippen MR) is 110 cm³/mol. The molecule has 3 aromatic carbocycles. The average molecular weight is 466 g/mol. The molecule has 7 nitrogen and oxygen atoms in total. The van der Waals surface area contributed by atoms with Crippen LogP contribution in [0.3, 0.4) is 0 Å². The largest absolute Gasteiger partial charge is 1.00 e. The number of hydrogen-bond donors (Lipinski definition) is 0. The number of benzene rings is 3. The molecule has 30 heavy (non-hydrogen) atoms. The molecule has 0 aliphatic carbocycles. The monoisotopic (exact) mass is 465 g/mol. The molecule has 0 saturated heterocycles. The summed E-state index contributed by atoms with van der Waals surface area (Å²) in [7, 11) is -4.92. The van der Waals surface area contributed by atoms with E-state index in [0.29, 0.717) is 34.8 Å². The second kappa shape index (κ2) is 8.32. The number of aryl methyl sites for hydroxylation is 1. The van der Waals surface area contributed by atoms with Gasteiger partial charge in [-0.25, -0.2) is 4.98 Å². The molecular formula is C20H13ClKN3O4S. The summed E-state index contributed by atoms with van der Waals surface area (Å²) in [6, 6.07) is 17.6. The number of imidazole rings is 1. The molecule has 0 fully saturated rings. The van der Waals surface area contributed by atoms with Gasteiger partial charge in [0, 0.05) is 24.1 Å². The molecule has 4 aromatic rings. The maximum atomic E-state index is 10.8. The third-order valence-corrected chi connectivity index (χ3v) is 5.54. The van der Waals surface area contributed by atoms with E-state index in [0.717, 1.165) is 27.7 Å². The summed E-state index contributed by atoms with van der Waals surface area (Å²) in [4.78, 5) is 4.76. The van der Waals surface area contributed by atoms with Crippen LogP contribution in [0.2, 0.25) is 5.02 Å². The molecule has 2 heterocycles. The van der Waals surface area contributed by atoms with Crippen LogP contribution in [0.5, 0.6) is 0 Å². The van der Waals surface area contributed by atoms with Crippen LogP contribution < -0.4 is 51.4 Å². The van der Waals surface area contributed by atoms with Crippen molar-refractivity contribution < 1.29 is 68.6 Å². The molecule has 5 rings (SSSR count). The van der Waals surface area contributed by atoms with Crippen molar-refractivity contribution in [1.29, 1.82) is 0 Å². The van der Waals surface area contributed by atoms with Gasteiger partial charge in [-0.15, -0.1) is 0 Å². The molecule has 146 valence electrons. The second-order valence-electron chi connectivity index (χ2n) is 6.71. The first-order chi connectivity index (χ1) is 13.9. The first kappa shape index (κ1) is 21.9. The Morgan fingerprint density at radius 2 is 1.87 bits per heavy atom. The molecule has 1 aliphatic heterocycles. The Balaban J connectivity index is 0.00000218. The van der Waals surface area contributed by atoms with Gasteiger partial charge in [-0.3, -0.25) is 4.28 Å². The van der Waals surface area contributed by atoms with Crippen LogP contribution in [-0.4, -0.2) is 28.2 Å². The molecule has 0 amide bonds. The SMILES string of the molecule is O=S(=O)([O-])O/N=C1\CCn2c(-c3ccc4ccccc4c3)nc3c(Cl)ccc1c32.[K+]. The van der Waals surface area contributed by atoms with Gasteiger partial charge in [0.1, 0.15) is 11.3 Å². The van der Waals surface area contributed by atoms with E-state index in [1.165, 1.54) is 0 Å². The Hall–Kier alpha value is -1.30. The average Bonchev–Trinajstić information content (AvgIpc) is 3.10. The summed E-state index contributed by atoms with van der Waals surface area (Å²) in [6.07, 6.45) is 0.385. The van der Waals surface area contributed by atoms with E-state index in [1.54, 1.807) is 12.1 Å². The van der Waals surface area contributed by atoms with Crippen LogP contribution >= 0.6 is 11.6 Å². The van der Waals surface area contributed by atoms with Crippen molar-refractivity contribution in [3.05, 3.63) is 65.2 Å². The summed E-state index contributed by atoms with van der Waals surface area (Å²) in [5.41, 5.74) is 3.27. The van der Waals surface area contributed by atoms with Gasteiger partial charge in [0.25, 0.3) is 10.4 Å². The zero-order chi connectivity index (χ0) is 20.2. The van der Waals surface area contributed by atoms with Crippen molar-refractivity contribution in [3.63, 3.8) is 0 Å². The van der Waals surface area contributed by atoms with E-state index in [1.807, 2.05) is 41.0 Å². The van der Waals surface area contributed by atoms with Crippen molar-refractivity contribution in [2.45, 2.75) is 13.0 Å². The minimum absolute atomic E-state index is 0. The number of aromatic nitrogens is 2. The molecule has 0 saturated carbocycles. The van der Waals surface area contributed by atoms with Crippen LogP contribution in [0.4, 0.5) is 0 Å². The topological polar surface area (TPSA) is 96.6 Å². The van der Waals surface area contributed by atoms with Gasteiger partial charge in [0.05, 0.1) is 16.3 Å². The maximum absolute atomic E-state index is 10.8. The predicted octanol–water partition coefficient (Wildman–Crippen LogP) is 1.10. The van der Waals surface area contributed by atoms with Crippen molar-refractivity contribution in [3.8, 4) is 11.4 Å². The Kier molecular flexibility index (Phi) is 6.08. The molecule has 10 heteroatoms. The van der Waals surface area contributed by atoms with E-state index in [9.17, 15) is 13.0 Å². The van der Waals surface area contributed by atoms with E-state index < -0.39 is 10.4 Å². The molecule has 0 spiro atoms. The molecule has 1 aliphatic rings. The van der Waals surface area contributed by atoms with Gasteiger partial charge in [0.2, 0.25) is 0 Å². The normalized spacial score (nSPS) is 14.8. The summed E-state index contributed by atoms with van der Waals surface area (Å²) in [5.74, 6) is 0.761. The number of nitrogens with zero attached hydrogens (tertiary/aromatic N) is 3. The summed E-state index contributed by atoms with van der Waals surface area (Å²) in [5, 5.41) is 6.27. The van der Waals surface area contributed by atoms with Gasteiger partial charge in [-0.05, 0) is 29.0 Å². The van der Waals surface area contributed by atoms with Crippen LogP contribution in [0.25, 0.3) is 33.2 Å². The quantitative estimate of drug-likeness (QED) is 0.195. The summed E-state index contributed by atoms with van der Waals surface area (Å²) >= 11 is 6.38. The molecule has 0 unspecified atom stereocenters. The maximum Gasteiger partial charge on any atom is 1.00 e. The second-order valence-corrected chi connectivity index (χ2v) is 8.08. The zero-order valence-electron chi connectivity index (χ0n) is 15.9. The fourth-order valence-corrected chi connectivity index (χ4v) is 4.12. The number of rotatable bonds is 3. The Labute approximate surface area is 220 Å². The summed E-state index contributed by atoms with van der Waals surface area (Å²) in [6.45, 7) is 0.493. The third-order valence-electron chi connectivity index (χ3n) is 4.97. The van der Waals surface area contributed by atoms with Gasteiger partial charge < -0.3 is 9.12 Å².